The Balaban J connectivity index is 0.776. The van der Waals surface area contributed by atoms with Crippen molar-refractivity contribution in [2.24, 2.45) is 0 Å². The fraction of sp³-hybridized carbons (Fsp3) is 0.477. The van der Waals surface area contributed by atoms with E-state index in [4.69, 9.17) is 19.4 Å². The number of hydrogen-bond acceptors (Lipinski definition) is 11. The van der Waals surface area contributed by atoms with Crippen LogP contribution in [-0.4, -0.2) is 126 Å². The molecule has 0 bridgehead atoms. The van der Waals surface area contributed by atoms with Crippen LogP contribution < -0.4 is 20.1 Å². The van der Waals surface area contributed by atoms with E-state index in [1.54, 1.807) is 7.11 Å². The summed E-state index contributed by atoms with van der Waals surface area (Å²) in [5.41, 5.74) is 3.68. The van der Waals surface area contributed by atoms with Crippen LogP contribution in [0.25, 0.3) is 10.9 Å². The molecule has 0 spiro atoms. The predicted octanol–water partition coefficient (Wildman–Crippen LogP) is 5.66. The van der Waals surface area contributed by atoms with Gasteiger partial charge in [0, 0.05) is 80.3 Å². The number of halogens is 2. The molecular weight excluding hydrogens is 819 g/mol. The lowest BCUT2D eigenvalue weighted by molar-refractivity contribution is -0.136. The van der Waals surface area contributed by atoms with E-state index in [2.05, 4.69) is 60.3 Å². The number of aryl methyl sites for hydroxylation is 1. The van der Waals surface area contributed by atoms with Crippen molar-refractivity contribution < 1.29 is 28.2 Å². The monoisotopic (exact) mass is 870 g/mol. The van der Waals surface area contributed by atoms with Crippen LogP contribution in [0.15, 0.2) is 53.0 Å². The van der Waals surface area contributed by atoms with Crippen molar-refractivity contribution in [3.8, 4) is 11.5 Å². The van der Waals surface area contributed by atoms with Crippen LogP contribution in [0.2, 0.25) is 0 Å². The van der Waals surface area contributed by atoms with Crippen LogP contribution in [0.4, 0.5) is 10.2 Å². The average Bonchev–Trinajstić information content (AvgIpc) is 3.54. The number of nitrogens with one attached hydrogen (secondary N) is 2. The third-order valence-corrected chi connectivity index (χ3v) is 12.8. The lowest BCUT2D eigenvalue weighted by atomic mass is 9.87. The van der Waals surface area contributed by atoms with E-state index in [1.165, 1.54) is 11.0 Å². The first kappa shape index (κ1) is 41.1. The molecular formula is C44H52BrFN8O5. The number of benzene rings is 3. The van der Waals surface area contributed by atoms with Gasteiger partial charge in [-0.05, 0) is 93.1 Å². The quantitative estimate of drug-likeness (QED) is 0.162. The number of piperidine rings is 2. The summed E-state index contributed by atoms with van der Waals surface area (Å²) in [6.45, 7) is 13.3. The van der Waals surface area contributed by atoms with E-state index in [9.17, 15) is 14.4 Å². The van der Waals surface area contributed by atoms with Crippen LogP contribution in [0.5, 0.6) is 11.5 Å². The Morgan fingerprint density at radius 1 is 0.915 bits per heavy atom. The maximum atomic E-state index is 15.4. The van der Waals surface area contributed by atoms with Crippen molar-refractivity contribution in [1.82, 2.24) is 34.9 Å². The van der Waals surface area contributed by atoms with Gasteiger partial charge in [-0.15, -0.1) is 0 Å². The number of piperazine rings is 1. The number of likely N-dealkylation sites (tertiary alicyclic amines) is 1. The molecule has 8 rings (SSSR count). The SMILES string of the molecule is COc1cc2c(NC(C)c3cccc(Br)c3)nc(C)nc2cc1OCCN1CCN(CCN2CCC(c3cc4c(cc3F)C(=O)N(C3CCC(=O)NC3=O)C4)CC2)CC1. The van der Waals surface area contributed by atoms with Crippen molar-refractivity contribution in [1.29, 1.82) is 0 Å². The highest BCUT2D eigenvalue weighted by Gasteiger charge is 2.40. The highest BCUT2D eigenvalue weighted by atomic mass is 79.9. The average molecular weight is 872 g/mol. The molecule has 312 valence electrons. The van der Waals surface area contributed by atoms with Crippen LogP contribution in [-0.2, 0) is 16.1 Å². The summed E-state index contributed by atoms with van der Waals surface area (Å²) < 4.78 is 28.6. The molecule has 2 unspecified atom stereocenters. The second kappa shape index (κ2) is 17.9. The van der Waals surface area contributed by atoms with Gasteiger partial charge < -0.3 is 24.6 Å². The van der Waals surface area contributed by atoms with Crippen LogP contribution in [0.1, 0.15) is 77.4 Å². The largest absolute Gasteiger partial charge is 0.493 e. The summed E-state index contributed by atoms with van der Waals surface area (Å²) in [6, 6.07) is 14.7. The zero-order chi connectivity index (χ0) is 41.2. The third-order valence-electron chi connectivity index (χ3n) is 12.3. The second-order valence-electron chi connectivity index (χ2n) is 16.1. The molecule has 13 nitrogen and oxygen atoms in total. The van der Waals surface area contributed by atoms with Gasteiger partial charge in [-0.3, -0.25) is 29.5 Å². The summed E-state index contributed by atoms with van der Waals surface area (Å²) in [5, 5.41) is 6.76. The molecule has 4 aromatic rings. The standard InChI is InChI=1S/C44H52BrFN8O5/c1-27(30-5-4-6-32(45)21-30)47-42-35-24-39(58-3)40(25-37(35)48-28(2)49-42)59-20-19-53-17-15-52(16-18-53)14-13-51-11-9-29(10-12-51)33-22-31-26-54(44(57)34(31)23-36(33)46)38-7-8-41(55)50-43(38)56/h4-6,21-25,27,29,38H,7-20,26H2,1-3H3,(H,47,48,49)(H,50,55,56). The minimum Gasteiger partial charge on any atom is -0.493 e. The summed E-state index contributed by atoms with van der Waals surface area (Å²) in [6.07, 6.45) is 2.19. The molecule has 3 fully saturated rings. The third kappa shape index (κ3) is 9.23. The molecule has 3 saturated heterocycles. The van der Waals surface area contributed by atoms with Crippen molar-refractivity contribution >= 4 is 50.4 Å². The topological polar surface area (TPSA) is 132 Å². The molecule has 0 aliphatic carbocycles. The highest BCUT2D eigenvalue weighted by molar-refractivity contribution is 9.10. The number of methoxy groups -OCH3 is 1. The molecule has 2 atom stereocenters. The summed E-state index contributed by atoms with van der Waals surface area (Å²) in [5.74, 6) is 1.33. The summed E-state index contributed by atoms with van der Waals surface area (Å²) >= 11 is 3.57. The van der Waals surface area contributed by atoms with Crippen LogP contribution in [0, 0.1) is 12.7 Å². The van der Waals surface area contributed by atoms with Gasteiger partial charge in [0.2, 0.25) is 11.8 Å². The number of carbonyl (C=O) groups excluding carboxylic acids is 3. The van der Waals surface area contributed by atoms with Gasteiger partial charge in [-0.25, -0.2) is 14.4 Å². The Morgan fingerprint density at radius 3 is 2.36 bits per heavy atom. The molecule has 15 heteroatoms. The normalized spacial score (nSPS) is 20.2. The number of amides is 3. The molecule has 59 heavy (non-hydrogen) atoms. The Labute approximate surface area is 352 Å². The summed E-state index contributed by atoms with van der Waals surface area (Å²) in [4.78, 5) is 55.6. The molecule has 4 aliphatic rings. The van der Waals surface area contributed by atoms with Crippen LogP contribution in [0.3, 0.4) is 0 Å². The smallest absolute Gasteiger partial charge is 0.255 e. The molecule has 2 N–H and O–H groups in total. The number of fused-ring (bicyclic) bond motifs is 2. The predicted molar refractivity (Wildman–Crippen MR) is 226 cm³/mol. The van der Waals surface area contributed by atoms with Gasteiger partial charge in [-0.2, -0.15) is 0 Å². The number of anilines is 1. The first-order chi connectivity index (χ1) is 28.5. The number of rotatable bonds is 13. The Hall–Kier alpha value is -4.70. The van der Waals surface area contributed by atoms with Gasteiger partial charge in [0.15, 0.2) is 11.5 Å². The van der Waals surface area contributed by atoms with Gasteiger partial charge in [0.25, 0.3) is 5.91 Å². The minimum atomic E-state index is -0.706. The van der Waals surface area contributed by atoms with Crippen LogP contribution >= 0.6 is 15.9 Å². The molecule has 4 aliphatic heterocycles. The molecule has 1 aromatic heterocycles. The highest BCUT2D eigenvalue weighted by Crippen LogP contribution is 2.37. The van der Waals surface area contributed by atoms with Gasteiger partial charge in [0.05, 0.1) is 18.7 Å². The van der Waals surface area contributed by atoms with Gasteiger partial charge >= 0.3 is 0 Å². The van der Waals surface area contributed by atoms with Crippen molar-refractivity contribution in [3.05, 3.63) is 86.9 Å². The fourth-order valence-electron chi connectivity index (χ4n) is 8.89. The van der Waals surface area contributed by atoms with E-state index < -0.39 is 11.9 Å². The number of aromatic nitrogens is 2. The zero-order valence-corrected chi connectivity index (χ0v) is 35.5. The van der Waals surface area contributed by atoms with Crippen molar-refractivity contribution in [2.45, 2.75) is 64.1 Å². The molecule has 3 amide bonds. The first-order valence-corrected chi connectivity index (χ1v) is 21.5. The first-order valence-electron chi connectivity index (χ1n) is 20.7. The molecule has 0 radical (unpaired) electrons. The van der Waals surface area contributed by atoms with Crippen molar-refractivity contribution in [2.75, 3.05) is 77.9 Å². The van der Waals surface area contributed by atoms with Gasteiger partial charge in [-0.1, -0.05) is 34.1 Å². The molecule has 3 aromatic carbocycles. The number of carbonyl (C=O) groups is 3. The lowest BCUT2D eigenvalue weighted by Gasteiger charge is -2.37. The van der Waals surface area contributed by atoms with Crippen molar-refractivity contribution in [3.63, 3.8) is 0 Å². The van der Waals surface area contributed by atoms with E-state index in [0.29, 0.717) is 35.1 Å². The van der Waals surface area contributed by atoms with E-state index >= 15 is 4.39 Å². The number of ether oxygens (including phenoxy) is 2. The number of hydrogen-bond donors (Lipinski definition) is 2. The van der Waals surface area contributed by atoms with E-state index in [0.717, 1.165) is 104 Å². The lowest BCUT2D eigenvalue weighted by Crippen LogP contribution is -2.52. The van der Waals surface area contributed by atoms with Gasteiger partial charge in [0.1, 0.15) is 30.1 Å². The Kier molecular flexibility index (Phi) is 12.4. The summed E-state index contributed by atoms with van der Waals surface area (Å²) in [7, 11) is 1.65. The second-order valence-corrected chi connectivity index (χ2v) is 17.1. The van der Waals surface area contributed by atoms with E-state index in [-0.39, 0.29) is 49.0 Å². The number of nitrogens with zero attached hydrogens (tertiary/aromatic N) is 6. The maximum absolute atomic E-state index is 15.4. The zero-order valence-electron chi connectivity index (χ0n) is 33.9. The fourth-order valence-corrected chi connectivity index (χ4v) is 9.31. The Morgan fingerprint density at radius 2 is 1.64 bits per heavy atom. The maximum Gasteiger partial charge on any atom is 0.255 e. The Bertz CT molecular complexity index is 2230. The number of imide groups is 1. The van der Waals surface area contributed by atoms with E-state index in [1.807, 2.05) is 37.3 Å². The molecule has 5 heterocycles. The molecule has 0 saturated carbocycles. The minimum absolute atomic E-state index is 0.0274.